The molecule has 0 radical (unpaired) electrons. The van der Waals surface area contributed by atoms with Gasteiger partial charge in [-0.1, -0.05) is 18.2 Å². The second-order valence-electron chi connectivity index (χ2n) is 2.92. The first-order valence-electron chi connectivity index (χ1n) is 4.02. The molecule has 1 heterocycles. The van der Waals surface area contributed by atoms with Gasteiger partial charge in [-0.3, -0.25) is 9.89 Å². The van der Waals surface area contributed by atoms with E-state index >= 15 is 0 Å². The number of rotatable bonds is 2. The van der Waals surface area contributed by atoms with Gasteiger partial charge in [-0.05, 0) is 21.5 Å². The van der Waals surface area contributed by atoms with Crippen LogP contribution in [0.1, 0.15) is 5.56 Å². The first kappa shape index (κ1) is 9.21. The predicted molar refractivity (Wildman–Crippen MR) is 55.1 cm³/mol. The quantitative estimate of drug-likeness (QED) is 0.861. The number of hydrogen-bond acceptors (Lipinski definition) is 2. The minimum Gasteiger partial charge on any atom is -0.481 e. The highest BCUT2D eigenvalue weighted by Gasteiger charge is 2.09. The first-order valence-corrected chi connectivity index (χ1v) is 4.81. The highest BCUT2D eigenvalue weighted by Crippen LogP contribution is 2.23. The lowest BCUT2D eigenvalue weighted by molar-refractivity contribution is -0.136. The zero-order valence-electron chi connectivity index (χ0n) is 7.12. The number of para-hydroxylation sites is 1. The lowest BCUT2D eigenvalue weighted by Crippen LogP contribution is -2.00. The lowest BCUT2D eigenvalue weighted by atomic mass is 10.1. The molecule has 0 saturated heterocycles. The van der Waals surface area contributed by atoms with Gasteiger partial charge in [0.05, 0.1) is 11.9 Å². The normalized spacial score (nSPS) is 10.6. The zero-order valence-corrected chi connectivity index (χ0v) is 8.71. The highest BCUT2D eigenvalue weighted by atomic mass is 79.9. The molecule has 0 atom stereocenters. The van der Waals surface area contributed by atoms with Gasteiger partial charge in [0.1, 0.15) is 4.60 Å². The maximum atomic E-state index is 10.6. The molecule has 2 rings (SSSR count). The minimum absolute atomic E-state index is 0.00532. The molecule has 14 heavy (non-hydrogen) atoms. The second kappa shape index (κ2) is 3.42. The van der Waals surface area contributed by atoms with Crippen LogP contribution in [0.4, 0.5) is 0 Å². The van der Waals surface area contributed by atoms with Gasteiger partial charge in [0.2, 0.25) is 0 Å². The van der Waals surface area contributed by atoms with Crippen molar-refractivity contribution in [2.45, 2.75) is 6.42 Å². The molecule has 0 aliphatic rings. The number of aromatic nitrogens is 2. The number of fused-ring (bicyclic) bond motifs is 1. The van der Waals surface area contributed by atoms with Crippen LogP contribution in [-0.2, 0) is 11.2 Å². The Balaban J connectivity index is 2.59. The van der Waals surface area contributed by atoms with E-state index in [1.165, 1.54) is 0 Å². The van der Waals surface area contributed by atoms with Crippen LogP contribution in [0, 0.1) is 0 Å². The number of aromatic amines is 1. The third-order valence-electron chi connectivity index (χ3n) is 1.96. The monoisotopic (exact) mass is 254 g/mol. The average Bonchev–Trinajstić information content (AvgIpc) is 2.49. The number of nitrogens with zero attached hydrogens (tertiary/aromatic N) is 1. The Kier molecular flexibility index (Phi) is 2.25. The van der Waals surface area contributed by atoms with Crippen molar-refractivity contribution < 1.29 is 9.90 Å². The summed E-state index contributed by atoms with van der Waals surface area (Å²) in [6.07, 6.45) is -0.00532. The topological polar surface area (TPSA) is 66.0 Å². The van der Waals surface area contributed by atoms with E-state index in [0.29, 0.717) is 5.52 Å². The third-order valence-corrected chi connectivity index (χ3v) is 2.57. The molecule has 0 spiro atoms. The standard InChI is InChI=1S/C9H7BrN2O2/c10-9-6-3-1-2-5(4-7(13)14)8(6)11-12-9/h1-3H,4H2,(H,11,12)(H,13,14). The van der Waals surface area contributed by atoms with E-state index in [1.807, 2.05) is 12.1 Å². The van der Waals surface area contributed by atoms with Gasteiger partial charge in [0.25, 0.3) is 0 Å². The Bertz CT molecular complexity index is 493. The van der Waals surface area contributed by atoms with Crippen LogP contribution in [0.15, 0.2) is 22.8 Å². The number of hydrogen-bond donors (Lipinski definition) is 2. The van der Waals surface area contributed by atoms with Crippen molar-refractivity contribution in [3.63, 3.8) is 0 Å². The number of benzene rings is 1. The molecule has 2 N–H and O–H groups in total. The molecule has 5 heteroatoms. The van der Waals surface area contributed by atoms with E-state index in [4.69, 9.17) is 5.11 Å². The van der Waals surface area contributed by atoms with Crippen LogP contribution in [-0.4, -0.2) is 21.3 Å². The van der Waals surface area contributed by atoms with Crippen molar-refractivity contribution in [1.29, 1.82) is 0 Å². The number of aliphatic carboxylic acids is 1. The summed E-state index contributed by atoms with van der Waals surface area (Å²) in [6.45, 7) is 0. The Hall–Kier alpha value is -1.36. The number of carboxylic acid groups (broad SMARTS) is 1. The number of carboxylic acids is 1. The van der Waals surface area contributed by atoms with Crippen LogP contribution in [0.2, 0.25) is 0 Å². The highest BCUT2D eigenvalue weighted by molar-refractivity contribution is 9.10. The molecule has 0 unspecified atom stereocenters. The van der Waals surface area contributed by atoms with E-state index in [-0.39, 0.29) is 6.42 Å². The fourth-order valence-electron chi connectivity index (χ4n) is 1.37. The van der Waals surface area contributed by atoms with Crippen LogP contribution < -0.4 is 0 Å². The molecule has 72 valence electrons. The smallest absolute Gasteiger partial charge is 0.307 e. The number of halogens is 1. The van der Waals surface area contributed by atoms with Gasteiger partial charge >= 0.3 is 5.97 Å². The Labute approximate surface area is 88.1 Å². The molecular weight excluding hydrogens is 248 g/mol. The number of carbonyl (C=O) groups is 1. The Morgan fingerprint density at radius 3 is 3.07 bits per heavy atom. The average molecular weight is 255 g/mol. The summed E-state index contributed by atoms with van der Waals surface area (Å²) >= 11 is 3.30. The van der Waals surface area contributed by atoms with E-state index in [0.717, 1.165) is 15.6 Å². The molecule has 0 bridgehead atoms. The fraction of sp³-hybridized carbons (Fsp3) is 0.111. The molecule has 0 amide bonds. The molecule has 0 aliphatic heterocycles. The molecule has 0 saturated carbocycles. The van der Waals surface area contributed by atoms with Gasteiger partial charge in [0.15, 0.2) is 0 Å². The summed E-state index contributed by atoms with van der Waals surface area (Å²) in [4.78, 5) is 10.6. The molecule has 1 aromatic heterocycles. The van der Waals surface area contributed by atoms with E-state index in [9.17, 15) is 4.79 Å². The number of H-pyrrole nitrogens is 1. The van der Waals surface area contributed by atoms with Crippen molar-refractivity contribution in [3.05, 3.63) is 28.4 Å². The van der Waals surface area contributed by atoms with Crippen LogP contribution in [0.3, 0.4) is 0 Å². The molecule has 4 nitrogen and oxygen atoms in total. The summed E-state index contributed by atoms with van der Waals surface area (Å²) in [7, 11) is 0. The first-order chi connectivity index (χ1) is 6.68. The fourth-order valence-corrected chi connectivity index (χ4v) is 1.78. The molecule has 0 fully saturated rings. The minimum atomic E-state index is -0.850. The third kappa shape index (κ3) is 1.50. The lowest BCUT2D eigenvalue weighted by Gasteiger charge is -1.97. The molecule has 0 aliphatic carbocycles. The van der Waals surface area contributed by atoms with Gasteiger partial charge < -0.3 is 5.11 Å². The van der Waals surface area contributed by atoms with Crippen LogP contribution >= 0.6 is 15.9 Å². The van der Waals surface area contributed by atoms with Crippen molar-refractivity contribution in [2.75, 3.05) is 0 Å². The van der Waals surface area contributed by atoms with Gasteiger partial charge in [-0.2, -0.15) is 5.10 Å². The Morgan fingerprint density at radius 2 is 2.36 bits per heavy atom. The zero-order chi connectivity index (χ0) is 10.1. The van der Waals surface area contributed by atoms with Crippen LogP contribution in [0.25, 0.3) is 10.9 Å². The largest absolute Gasteiger partial charge is 0.481 e. The molecular formula is C9H7BrN2O2. The van der Waals surface area contributed by atoms with Crippen LogP contribution in [0.5, 0.6) is 0 Å². The summed E-state index contributed by atoms with van der Waals surface area (Å²) in [6, 6.07) is 5.47. The summed E-state index contributed by atoms with van der Waals surface area (Å²) in [5.41, 5.74) is 1.43. The maximum absolute atomic E-state index is 10.6. The Morgan fingerprint density at radius 1 is 1.57 bits per heavy atom. The molecule has 1 aromatic carbocycles. The predicted octanol–water partition coefficient (Wildman–Crippen LogP) is 1.95. The number of nitrogens with one attached hydrogen (secondary N) is 1. The van der Waals surface area contributed by atoms with Crippen molar-refractivity contribution in [3.8, 4) is 0 Å². The van der Waals surface area contributed by atoms with E-state index in [2.05, 4.69) is 26.1 Å². The SMILES string of the molecule is O=C(O)Cc1cccc2c(Br)[nH]nc12. The summed E-state index contributed by atoms with van der Waals surface area (Å²) < 4.78 is 0.778. The van der Waals surface area contributed by atoms with Crippen molar-refractivity contribution in [1.82, 2.24) is 10.2 Å². The van der Waals surface area contributed by atoms with Crippen molar-refractivity contribution in [2.24, 2.45) is 0 Å². The summed E-state index contributed by atoms with van der Waals surface area (Å²) in [5, 5.41) is 16.4. The second-order valence-corrected chi connectivity index (χ2v) is 3.71. The summed E-state index contributed by atoms with van der Waals surface area (Å²) in [5.74, 6) is -0.850. The molecule has 2 aromatic rings. The van der Waals surface area contributed by atoms with Gasteiger partial charge in [-0.25, -0.2) is 0 Å². The van der Waals surface area contributed by atoms with Gasteiger partial charge in [-0.15, -0.1) is 0 Å². The van der Waals surface area contributed by atoms with E-state index in [1.54, 1.807) is 6.07 Å². The van der Waals surface area contributed by atoms with E-state index < -0.39 is 5.97 Å². The van der Waals surface area contributed by atoms with Crippen molar-refractivity contribution >= 4 is 32.8 Å². The maximum Gasteiger partial charge on any atom is 0.307 e. The van der Waals surface area contributed by atoms with Gasteiger partial charge in [0, 0.05) is 5.39 Å².